The summed E-state index contributed by atoms with van der Waals surface area (Å²) in [5.74, 6) is -2.14. The molecule has 0 saturated carbocycles. The fourth-order valence-electron chi connectivity index (χ4n) is 1.72. The van der Waals surface area contributed by atoms with Gasteiger partial charge in [-0.25, -0.2) is 14.0 Å². The second kappa shape index (κ2) is 6.04. The van der Waals surface area contributed by atoms with Gasteiger partial charge in [0.15, 0.2) is 0 Å². The molecule has 0 unspecified atom stereocenters. The van der Waals surface area contributed by atoms with E-state index in [-0.39, 0.29) is 17.8 Å². The molecule has 0 spiro atoms. The van der Waals surface area contributed by atoms with E-state index in [2.05, 4.69) is 15.7 Å². The summed E-state index contributed by atoms with van der Waals surface area (Å²) in [6.45, 7) is 0.142. The summed E-state index contributed by atoms with van der Waals surface area (Å²) in [4.78, 5) is 22.7. The van der Waals surface area contributed by atoms with Gasteiger partial charge < -0.3 is 15.7 Å². The molecule has 0 aliphatic rings. The van der Waals surface area contributed by atoms with Crippen molar-refractivity contribution in [1.82, 2.24) is 15.1 Å². The van der Waals surface area contributed by atoms with Crippen molar-refractivity contribution in [2.24, 2.45) is 7.05 Å². The number of aromatic carboxylic acids is 1. The van der Waals surface area contributed by atoms with Crippen molar-refractivity contribution in [2.45, 2.75) is 6.54 Å². The van der Waals surface area contributed by atoms with Gasteiger partial charge in [-0.2, -0.15) is 5.10 Å². The van der Waals surface area contributed by atoms with E-state index >= 15 is 0 Å². The zero-order chi connectivity index (χ0) is 15.4. The molecule has 2 amide bonds. The Morgan fingerprint density at radius 2 is 2.14 bits per heavy atom. The van der Waals surface area contributed by atoms with E-state index in [0.29, 0.717) is 5.69 Å². The highest BCUT2D eigenvalue weighted by atomic mass is 19.1. The summed E-state index contributed by atoms with van der Waals surface area (Å²) >= 11 is 0. The summed E-state index contributed by atoms with van der Waals surface area (Å²) in [5, 5.41) is 17.7. The molecular formula is C13H13FN4O3. The van der Waals surface area contributed by atoms with E-state index in [1.165, 1.54) is 12.1 Å². The van der Waals surface area contributed by atoms with Crippen LogP contribution >= 0.6 is 0 Å². The molecule has 1 aromatic heterocycles. The highest BCUT2D eigenvalue weighted by Crippen LogP contribution is 2.19. The molecule has 1 heterocycles. The average Bonchev–Trinajstić information content (AvgIpc) is 2.84. The molecule has 21 heavy (non-hydrogen) atoms. The normalized spacial score (nSPS) is 10.2. The number of hydrogen-bond donors (Lipinski definition) is 3. The van der Waals surface area contributed by atoms with Crippen molar-refractivity contribution in [3.8, 4) is 0 Å². The number of halogens is 1. The van der Waals surface area contributed by atoms with Crippen LogP contribution in [-0.4, -0.2) is 26.9 Å². The lowest BCUT2D eigenvalue weighted by molar-refractivity contribution is 0.0697. The molecule has 7 nitrogen and oxygen atoms in total. The van der Waals surface area contributed by atoms with E-state index in [0.717, 1.165) is 6.07 Å². The van der Waals surface area contributed by atoms with Gasteiger partial charge >= 0.3 is 12.0 Å². The number of carbonyl (C=O) groups is 2. The first-order valence-corrected chi connectivity index (χ1v) is 6.02. The molecule has 8 heteroatoms. The number of aromatic nitrogens is 2. The van der Waals surface area contributed by atoms with Crippen molar-refractivity contribution in [2.75, 3.05) is 5.32 Å². The number of carboxylic acid groups (broad SMARTS) is 1. The maximum absolute atomic E-state index is 13.6. The van der Waals surface area contributed by atoms with Gasteiger partial charge in [-0.3, -0.25) is 4.68 Å². The standard InChI is InChI=1S/C13H13FN4O3/c1-18-6-5-8(17-18)7-15-13(21)16-11-9(12(19)20)3-2-4-10(11)14/h2-6H,7H2,1H3,(H,19,20)(H2,15,16,21). The summed E-state index contributed by atoms with van der Waals surface area (Å²) in [5.41, 5.74) is -0.0638. The predicted molar refractivity (Wildman–Crippen MR) is 72.4 cm³/mol. The Labute approximate surface area is 119 Å². The molecule has 0 saturated heterocycles. The summed E-state index contributed by atoms with van der Waals surface area (Å²) in [7, 11) is 1.74. The third kappa shape index (κ3) is 3.56. The van der Waals surface area contributed by atoms with Crippen LogP contribution < -0.4 is 10.6 Å². The van der Waals surface area contributed by atoms with Crippen LogP contribution in [0.1, 0.15) is 16.1 Å². The van der Waals surface area contributed by atoms with E-state index in [9.17, 15) is 14.0 Å². The minimum Gasteiger partial charge on any atom is -0.478 e. The molecule has 2 rings (SSSR count). The SMILES string of the molecule is Cn1ccc(CNC(=O)Nc2c(F)cccc2C(=O)O)n1. The molecule has 0 atom stereocenters. The molecule has 2 aromatic rings. The number of benzene rings is 1. The lowest BCUT2D eigenvalue weighted by Gasteiger charge is -2.10. The van der Waals surface area contributed by atoms with Crippen molar-refractivity contribution < 1.29 is 19.1 Å². The summed E-state index contributed by atoms with van der Waals surface area (Å²) < 4.78 is 15.2. The molecular weight excluding hydrogens is 279 g/mol. The Morgan fingerprint density at radius 1 is 1.38 bits per heavy atom. The highest BCUT2D eigenvalue weighted by molar-refractivity contribution is 6.00. The van der Waals surface area contributed by atoms with Crippen LogP contribution in [0.5, 0.6) is 0 Å². The number of nitrogens with zero attached hydrogens (tertiary/aromatic N) is 2. The van der Waals surface area contributed by atoms with Crippen LogP contribution in [0.3, 0.4) is 0 Å². The van der Waals surface area contributed by atoms with Gasteiger partial charge in [-0.15, -0.1) is 0 Å². The molecule has 3 N–H and O–H groups in total. The van der Waals surface area contributed by atoms with E-state index in [4.69, 9.17) is 5.11 Å². The van der Waals surface area contributed by atoms with Crippen molar-refractivity contribution in [3.05, 3.63) is 47.5 Å². The quantitative estimate of drug-likeness (QED) is 0.797. The fourth-order valence-corrected chi connectivity index (χ4v) is 1.72. The lowest BCUT2D eigenvalue weighted by Crippen LogP contribution is -2.29. The summed E-state index contributed by atoms with van der Waals surface area (Å²) in [6.07, 6.45) is 1.72. The molecule has 110 valence electrons. The zero-order valence-corrected chi connectivity index (χ0v) is 11.1. The Bertz CT molecular complexity index is 684. The average molecular weight is 292 g/mol. The first-order chi connectivity index (χ1) is 9.97. The fraction of sp³-hybridized carbons (Fsp3) is 0.154. The number of amides is 2. The van der Waals surface area contributed by atoms with Crippen LogP contribution in [0.4, 0.5) is 14.9 Å². The van der Waals surface area contributed by atoms with Crippen molar-refractivity contribution in [3.63, 3.8) is 0 Å². The first-order valence-electron chi connectivity index (χ1n) is 6.02. The number of para-hydroxylation sites is 1. The smallest absolute Gasteiger partial charge is 0.337 e. The van der Waals surface area contributed by atoms with E-state index < -0.39 is 17.8 Å². The van der Waals surface area contributed by atoms with Gasteiger partial charge in [-0.1, -0.05) is 6.07 Å². The minimum atomic E-state index is -1.32. The molecule has 0 fully saturated rings. The van der Waals surface area contributed by atoms with Gasteiger partial charge in [0.25, 0.3) is 0 Å². The lowest BCUT2D eigenvalue weighted by atomic mass is 10.1. The van der Waals surface area contributed by atoms with Crippen LogP contribution in [-0.2, 0) is 13.6 Å². The second-order valence-electron chi connectivity index (χ2n) is 4.26. The minimum absolute atomic E-state index is 0.142. The predicted octanol–water partition coefficient (Wildman–Crippen LogP) is 1.58. The van der Waals surface area contributed by atoms with Gasteiger partial charge in [0.2, 0.25) is 0 Å². The number of nitrogens with one attached hydrogen (secondary N) is 2. The van der Waals surface area contributed by atoms with Crippen LogP contribution in [0.25, 0.3) is 0 Å². The Kier molecular flexibility index (Phi) is 4.17. The number of carbonyl (C=O) groups excluding carboxylic acids is 1. The molecule has 0 aliphatic carbocycles. The highest BCUT2D eigenvalue weighted by Gasteiger charge is 2.16. The maximum Gasteiger partial charge on any atom is 0.337 e. The third-order valence-corrected chi connectivity index (χ3v) is 2.68. The van der Waals surface area contributed by atoms with Gasteiger partial charge in [0.1, 0.15) is 5.82 Å². The Balaban J connectivity index is 2.04. The number of hydrogen-bond acceptors (Lipinski definition) is 3. The first kappa shape index (κ1) is 14.5. The number of urea groups is 1. The van der Waals surface area contributed by atoms with Gasteiger partial charge in [0, 0.05) is 13.2 Å². The van der Waals surface area contributed by atoms with Gasteiger partial charge in [-0.05, 0) is 18.2 Å². The van der Waals surface area contributed by atoms with Crippen LogP contribution in [0.15, 0.2) is 30.5 Å². The van der Waals surface area contributed by atoms with E-state index in [1.54, 1.807) is 24.0 Å². The number of carboxylic acids is 1. The van der Waals surface area contributed by atoms with Crippen LogP contribution in [0.2, 0.25) is 0 Å². The molecule has 0 bridgehead atoms. The molecule has 0 radical (unpaired) electrons. The maximum atomic E-state index is 13.6. The summed E-state index contributed by atoms with van der Waals surface area (Å²) in [6, 6.07) is 4.54. The second-order valence-corrected chi connectivity index (χ2v) is 4.26. The third-order valence-electron chi connectivity index (χ3n) is 2.68. The van der Waals surface area contributed by atoms with E-state index in [1.807, 2.05) is 0 Å². The number of anilines is 1. The molecule has 1 aromatic carbocycles. The Hall–Kier alpha value is -2.90. The number of aryl methyl sites for hydroxylation is 1. The van der Waals surface area contributed by atoms with Gasteiger partial charge in [0.05, 0.1) is 23.5 Å². The molecule has 0 aliphatic heterocycles. The van der Waals surface area contributed by atoms with Crippen molar-refractivity contribution in [1.29, 1.82) is 0 Å². The largest absolute Gasteiger partial charge is 0.478 e. The number of rotatable bonds is 4. The zero-order valence-electron chi connectivity index (χ0n) is 11.1. The van der Waals surface area contributed by atoms with Crippen LogP contribution in [0, 0.1) is 5.82 Å². The Morgan fingerprint density at radius 3 is 2.76 bits per heavy atom. The van der Waals surface area contributed by atoms with Crippen molar-refractivity contribution >= 4 is 17.7 Å². The topological polar surface area (TPSA) is 96.2 Å². The monoisotopic (exact) mass is 292 g/mol.